The summed E-state index contributed by atoms with van der Waals surface area (Å²) in [6.45, 7) is 1.60. The molecule has 2 heteroatoms. The first-order chi connectivity index (χ1) is 7.43. The van der Waals surface area contributed by atoms with Crippen LogP contribution in [-0.4, -0.2) is 6.61 Å². The van der Waals surface area contributed by atoms with Crippen molar-refractivity contribution in [1.29, 1.82) is 0 Å². The van der Waals surface area contributed by atoms with E-state index in [0.717, 1.165) is 26.1 Å². The van der Waals surface area contributed by atoms with Crippen LogP contribution in [0.15, 0.2) is 40.5 Å². The number of allylic oxidation sites excluding steroid dienone is 1. The van der Waals surface area contributed by atoms with Crippen molar-refractivity contribution in [3.63, 3.8) is 0 Å². The molecule has 0 amide bonds. The molecule has 0 aliphatic rings. The molecule has 1 aromatic carbocycles. The minimum absolute atomic E-state index is 0.739. The summed E-state index contributed by atoms with van der Waals surface area (Å²) >= 11 is 2.25. The predicted molar refractivity (Wildman–Crippen MR) is 73.1 cm³/mol. The summed E-state index contributed by atoms with van der Waals surface area (Å²) in [5, 5.41) is 0. The molecule has 0 bridgehead atoms. The SMILES string of the molecule is I/C=C/CCCCOCc1ccccc1. The fourth-order valence-electron chi connectivity index (χ4n) is 1.29. The zero-order valence-electron chi connectivity index (χ0n) is 8.86. The molecule has 82 valence electrons. The molecule has 0 N–H and O–H groups in total. The molecule has 0 spiro atoms. The van der Waals surface area contributed by atoms with Crippen LogP contribution < -0.4 is 0 Å². The van der Waals surface area contributed by atoms with Gasteiger partial charge in [-0.3, -0.25) is 0 Å². The molecular weight excluding hydrogens is 299 g/mol. The molecule has 0 heterocycles. The Balaban J connectivity index is 1.98. The van der Waals surface area contributed by atoms with Crippen LogP contribution in [0.2, 0.25) is 0 Å². The third-order valence-electron chi connectivity index (χ3n) is 2.11. The monoisotopic (exact) mass is 316 g/mol. The molecule has 0 saturated carbocycles. The normalized spacial score (nSPS) is 11.0. The molecule has 0 unspecified atom stereocenters. The van der Waals surface area contributed by atoms with E-state index in [4.69, 9.17) is 4.74 Å². The van der Waals surface area contributed by atoms with Gasteiger partial charge in [-0.25, -0.2) is 0 Å². The highest BCUT2D eigenvalue weighted by Gasteiger charge is 1.91. The summed E-state index contributed by atoms with van der Waals surface area (Å²) in [6.07, 6.45) is 5.72. The smallest absolute Gasteiger partial charge is 0.0716 e. The maximum absolute atomic E-state index is 5.57. The highest BCUT2D eigenvalue weighted by atomic mass is 127. The second-order valence-corrected chi connectivity index (χ2v) is 4.11. The van der Waals surface area contributed by atoms with Crippen LogP contribution in [0.5, 0.6) is 0 Å². The maximum Gasteiger partial charge on any atom is 0.0716 e. The molecule has 0 atom stereocenters. The van der Waals surface area contributed by atoms with Crippen molar-refractivity contribution in [3.8, 4) is 0 Å². The fourth-order valence-corrected chi connectivity index (χ4v) is 1.65. The van der Waals surface area contributed by atoms with Crippen LogP contribution in [0, 0.1) is 0 Å². The first-order valence-electron chi connectivity index (χ1n) is 5.30. The number of halogens is 1. The van der Waals surface area contributed by atoms with E-state index < -0.39 is 0 Å². The second-order valence-electron chi connectivity index (χ2n) is 3.40. The van der Waals surface area contributed by atoms with E-state index in [0.29, 0.717) is 0 Å². The predicted octanol–water partition coefficient (Wildman–Crippen LogP) is 4.32. The van der Waals surface area contributed by atoms with Gasteiger partial charge in [-0.05, 0) is 28.9 Å². The summed E-state index contributed by atoms with van der Waals surface area (Å²) in [7, 11) is 0. The van der Waals surface area contributed by atoms with Gasteiger partial charge in [0.05, 0.1) is 6.61 Å². The largest absolute Gasteiger partial charge is 0.377 e. The average Bonchev–Trinajstić information content (AvgIpc) is 2.29. The van der Waals surface area contributed by atoms with Gasteiger partial charge in [0, 0.05) is 6.61 Å². The second kappa shape index (κ2) is 8.92. The lowest BCUT2D eigenvalue weighted by molar-refractivity contribution is 0.117. The fraction of sp³-hybridized carbons (Fsp3) is 0.385. The molecule has 0 fully saturated rings. The van der Waals surface area contributed by atoms with Crippen molar-refractivity contribution in [3.05, 3.63) is 46.1 Å². The first-order valence-corrected chi connectivity index (χ1v) is 6.55. The van der Waals surface area contributed by atoms with Crippen molar-refractivity contribution in [2.75, 3.05) is 6.61 Å². The zero-order valence-corrected chi connectivity index (χ0v) is 11.0. The van der Waals surface area contributed by atoms with Crippen LogP contribution in [0.1, 0.15) is 24.8 Å². The van der Waals surface area contributed by atoms with E-state index in [-0.39, 0.29) is 0 Å². The third-order valence-corrected chi connectivity index (χ3v) is 2.62. The summed E-state index contributed by atoms with van der Waals surface area (Å²) in [5.41, 5.74) is 1.25. The van der Waals surface area contributed by atoms with Gasteiger partial charge in [0.25, 0.3) is 0 Å². The standard InChI is InChI=1S/C13H17IO/c14-10-6-1-2-7-11-15-12-13-8-4-3-5-9-13/h3-6,8-10H,1-2,7,11-12H2/b10-6+. The molecule has 1 rings (SSSR count). The number of unbranched alkanes of at least 4 members (excludes halogenated alkanes) is 2. The third kappa shape index (κ3) is 6.68. The summed E-state index contributed by atoms with van der Waals surface area (Å²) in [4.78, 5) is 0. The van der Waals surface area contributed by atoms with Crippen molar-refractivity contribution >= 4 is 22.6 Å². The lowest BCUT2D eigenvalue weighted by Crippen LogP contribution is -1.94. The van der Waals surface area contributed by atoms with Gasteiger partial charge in [0.15, 0.2) is 0 Å². The van der Waals surface area contributed by atoms with Crippen LogP contribution >= 0.6 is 22.6 Å². The van der Waals surface area contributed by atoms with E-state index in [1.807, 2.05) is 18.2 Å². The minimum Gasteiger partial charge on any atom is -0.377 e. The number of hydrogen-bond donors (Lipinski definition) is 0. The average molecular weight is 316 g/mol. The lowest BCUT2D eigenvalue weighted by Gasteiger charge is -2.03. The van der Waals surface area contributed by atoms with Crippen LogP contribution in [0.4, 0.5) is 0 Å². The van der Waals surface area contributed by atoms with Crippen molar-refractivity contribution in [2.24, 2.45) is 0 Å². The number of rotatable bonds is 7. The van der Waals surface area contributed by atoms with Gasteiger partial charge >= 0.3 is 0 Å². The molecule has 0 aromatic heterocycles. The topological polar surface area (TPSA) is 9.23 Å². The number of benzene rings is 1. The maximum atomic E-state index is 5.57. The van der Waals surface area contributed by atoms with Gasteiger partial charge in [-0.2, -0.15) is 0 Å². The van der Waals surface area contributed by atoms with Gasteiger partial charge in [0.1, 0.15) is 0 Å². The van der Waals surface area contributed by atoms with Crippen LogP contribution in [0.3, 0.4) is 0 Å². The number of hydrogen-bond acceptors (Lipinski definition) is 1. The lowest BCUT2D eigenvalue weighted by atomic mass is 10.2. The molecule has 0 aliphatic carbocycles. The van der Waals surface area contributed by atoms with E-state index >= 15 is 0 Å². The Morgan fingerprint density at radius 2 is 1.93 bits per heavy atom. The summed E-state index contributed by atoms with van der Waals surface area (Å²) < 4.78 is 7.65. The zero-order chi connectivity index (χ0) is 10.8. The Morgan fingerprint density at radius 3 is 2.67 bits per heavy atom. The quantitative estimate of drug-likeness (QED) is 0.538. The minimum atomic E-state index is 0.739. The van der Waals surface area contributed by atoms with Gasteiger partial charge in [-0.15, -0.1) is 0 Å². The van der Waals surface area contributed by atoms with E-state index in [1.54, 1.807) is 0 Å². The van der Waals surface area contributed by atoms with E-state index in [1.165, 1.54) is 12.0 Å². The Hall–Kier alpha value is -0.350. The highest BCUT2D eigenvalue weighted by Crippen LogP contribution is 2.03. The Morgan fingerprint density at radius 1 is 1.13 bits per heavy atom. The van der Waals surface area contributed by atoms with Gasteiger partial charge in [0.2, 0.25) is 0 Å². The first kappa shape index (κ1) is 12.7. The molecule has 1 aromatic rings. The van der Waals surface area contributed by atoms with Crippen LogP contribution in [-0.2, 0) is 11.3 Å². The molecule has 0 radical (unpaired) electrons. The van der Waals surface area contributed by atoms with E-state index in [2.05, 4.69) is 44.9 Å². The molecule has 0 saturated heterocycles. The Kier molecular flexibility index (Phi) is 7.56. The van der Waals surface area contributed by atoms with Crippen molar-refractivity contribution < 1.29 is 4.74 Å². The number of ether oxygens (including phenoxy) is 1. The van der Waals surface area contributed by atoms with Crippen molar-refractivity contribution in [1.82, 2.24) is 0 Å². The summed E-state index contributed by atoms with van der Waals surface area (Å²) in [6, 6.07) is 10.3. The van der Waals surface area contributed by atoms with Crippen molar-refractivity contribution in [2.45, 2.75) is 25.9 Å². The highest BCUT2D eigenvalue weighted by molar-refractivity contribution is 14.1. The summed E-state index contributed by atoms with van der Waals surface area (Å²) in [5.74, 6) is 0. The molecule has 0 aliphatic heterocycles. The molecule has 15 heavy (non-hydrogen) atoms. The van der Waals surface area contributed by atoms with Gasteiger partial charge in [-0.1, -0.05) is 59.0 Å². The van der Waals surface area contributed by atoms with E-state index in [9.17, 15) is 0 Å². The Labute approximate surface area is 106 Å². The molecule has 1 nitrogen and oxygen atoms in total. The van der Waals surface area contributed by atoms with Crippen LogP contribution in [0.25, 0.3) is 0 Å². The Bertz CT molecular complexity index is 269. The van der Waals surface area contributed by atoms with Gasteiger partial charge < -0.3 is 4.74 Å². The molecular formula is C13H17IO.